The van der Waals surface area contributed by atoms with Gasteiger partial charge in [-0.1, -0.05) is 13.8 Å². The van der Waals surface area contributed by atoms with E-state index in [2.05, 4.69) is 25.0 Å². The third kappa shape index (κ3) is 1.65. The Morgan fingerprint density at radius 3 is 2.67 bits per heavy atom. The van der Waals surface area contributed by atoms with Crippen LogP contribution in [0.15, 0.2) is 12.4 Å². The number of hydrogen-bond donors (Lipinski definition) is 0. The first-order valence-electron chi connectivity index (χ1n) is 4.26. The zero-order valence-corrected chi connectivity index (χ0v) is 7.49. The average molecular weight is 163 g/mol. The zero-order chi connectivity index (χ0) is 8.97. The van der Waals surface area contributed by atoms with Gasteiger partial charge in [0.1, 0.15) is 6.07 Å². The molecule has 0 aliphatic carbocycles. The molecule has 0 radical (unpaired) electrons. The maximum Gasteiger partial charge on any atom is 0.102 e. The Labute approximate surface area is 72.6 Å². The van der Waals surface area contributed by atoms with Crippen LogP contribution >= 0.6 is 0 Å². The summed E-state index contributed by atoms with van der Waals surface area (Å²) in [7, 11) is 0. The van der Waals surface area contributed by atoms with E-state index in [9.17, 15) is 0 Å². The molecule has 1 rings (SSSR count). The lowest BCUT2D eigenvalue weighted by Crippen LogP contribution is -2.06. The highest BCUT2D eigenvalue weighted by Crippen LogP contribution is 2.14. The maximum absolute atomic E-state index is 8.57. The van der Waals surface area contributed by atoms with Gasteiger partial charge < -0.3 is 0 Å². The van der Waals surface area contributed by atoms with Crippen LogP contribution in [0.2, 0.25) is 0 Å². The fraction of sp³-hybridized carbons (Fsp3) is 0.556. The van der Waals surface area contributed by atoms with Crippen molar-refractivity contribution >= 4 is 0 Å². The van der Waals surface area contributed by atoms with E-state index in [-0.39, 0.29) is 0 Å². The molecule has 0 spiro atoms. The van der Waals surface area contributed by atoms with Gasteiger partial charge in [0.05, 0.1) is 17.8 Å². The first kappa shape index (κ1) is 8.79. The SMILES string of the molecule is CCC(CC)n1cc(C#N)cn1. The van der Waals surface area contributed by atoms with E-state index in [0.29, 0.717) is 11.6 Å². The van der Waals surface area contributed by atoms with E-state index in [1.165, 1.54) is 0 Å². The molecular weight excluding hydrogens is 150 g/mol. The summed E-state index contributed by atoms with van der Waals surface area (Å²) in [4.78, 5) is 0. The minimum Gasteiger partial charge on any atom is -0.268 e. The van der Waals surface area contributed by atoms with Gasteiger partial charge in [0.15, 0.2) is 0 Å². The number of hydrogen-bond acceptors (Lipinski definition) is 2. The van der Waals surface area contributed by atoms with Crippen LogP contribution < -0.4 is 0 Å². The van der Waals surface area contributed by atoms with Gasteiger partial charge in [-0.15, -0.1) is 0 Å². The van der Waals surface area contributed by atoms with Gasteiger partial charge in [-0.25, -0.2) is 0 Å². The molecule has 0 fully saturated rings. The van der Waals surface area contributed by atoms with E-state index in [1.807, 2.05) is 4.68 Å². The Hall–Kier alpha value is -1.30. The number of rotatable bonds is 3. The van der Waals surface area contributed by atoms with Crippen LogP contribution in [0.25, 0.3) is 0 Å². The summed E-state index contributed by atoms with van der Waals surface area (Å²) in [5, 5.41) is 12.7. The topological polar surface area (TPSA) is 41.6 Å². The first-order chi connectivity index (χ1) is 5.81. The van der Waals surface area contributed by atoms with Crippen molar-refractivity contribution in [3.63, 3.8) is 0 Å². The third-order valence-electron chi connectivity index (χ3n) is 2.05. The molecule has 0 atom stereocenters. The zero-order valence-electron chi connectivity index (χ0n) is 7.49. The summed E-state index contributed by atoms with van der Waals surface area (Å²) in [5.41, 5.74) is 0.641. The summed E-state index contributed by atoms with van der Waals surface area (Å²) in [6, 6.07) is 2.50. The number of nitriles is 1. The van der Waals surface area contributed by atoms with Crippen molar-refractivity contribution in [1.82, 2.24) is 9.78 Å². The predicted octanol–water partition coefficient (Wildman–Crippen LogP) is 2.12. The van der Waals surface area contributed by atoms with Gasteiger partial charge in [0, 0.05) is 6.20 Å². The van der Waals surface area contributed by atoms with E-state index in [1.54, 1.807) is 12.4 Å². The lowest BCUT2D eigenvalue weighted by Gasteiger charge is -2.11. The molecule has 0 amide bonds. The molecular formula is C9H13N3. The Balaban J connectivity index is 2.81. The van der Waals surface area contributed by atoms with E-state index in [0.717, 1.165) is 12.8 Å². The van der Waals surface area contributed by atoms with Gasteiger partial charge in [0.25, 0.3) is 0 Å². The molecule has 0 bridgehead atoms. The summed E-state index contributed by atoms with van der Waals surface area (Å²) in [6.45, 7) is 4.25. The van der Waals surface area contributed by atoms with Crippen molar-refractivity contribution in [1.29, 1.82) is 5.26 Å². The number of nitrogens with zero attached hydrogens (tertiary/aromatic N) is 3. The molecule has 0 aliphatic heterocycles. The molecule has 64 valence electrons. The monoisotopic (exact) mass is 163 g/mol. The standard InChI is InChI=1S/C9H13N3/c1-3-9(4-2)12-7-8(5-10)6-11-12/h6-7,9H,3-4H2,1-2H3. The molecule has 1 aromatic heterocycles. The fourth-order valence-electron chi connectivity index (χ4n) is 1.26. The fourth-order valence-corrected chi connectivity index (χ4v) is 1.26. The molecule has 1 aromatic rings. The Morgan fingerprint density at radius 2 is 2.25 bits per heavy atom. The van der Waals surface area contributed by atoms with Crippen LogP contribution in [0.1, 0.15) is 38.3 Å². The third-order valence-corrected chi connectivity index (χ3v) is 2.05. The van der Waals surface area contributed by atoms with Crippen molar-refractivity contribution in [2.45, 2.75) is 32.7 Å². The van der Waals surface area contributed by atoms with Gasteiger partial charge in [0.2, 0.25) is 0 Å². The molecule has 12 heavy (non-hydrogen) atoms. The smallest absolute Gasteiger partial charge is 0.102 e. The summed E-state index contributed by atoms with van der Waals surface area (Å²) >= 11 is 0. The highest BCUT2D eigenvalue weighted by molar-refractivity contribution is 5.21. The quantitative estimate of drug-likeness (QED) is 0.684. The molecule has 0 unspecified atom stereocenters. The van der Waals surface area contributed by atoms with Crippen LogP contribution in [0.4, 0.5) is 0 Å². The molecule has 0 saturated heterocycles. The normalized spacial score (nSPS) is 10.2. The minimum absolute atomic E-state index is 0.437. The molecule has 0 aromatic carbocycles. The summed E-state index contributed by atoms with van der Waals surface area (Å²) in [6.07, 6.45) is 5.53. The molecule has 0 aliphatic rings. The predicted molar refractivity (Wildman–Crippen MR) is 46.6 cm³/mol. The molecule has 3 nitrogen and oxygen atoms in total. The van der Waals surface area contributed by atoms with E-state index >= 15 is 0 Å². The van der Waals surface area contributed by atoms with E-state index in [4.69, 9.17) is 5.26 Å². The van der Waals surface area contributed by atoms with Crippen LogP contribution in [0.5, 0.6) is 0 Å². The van der Waals surface area contributed by atoms with Crippen LogP contribution in [-0.2, 0) is 0 Å². The minimum atomic E-state index is 0.437. The lowest BCUT2D eigenvalue weighted by atomic mass is 10.2. The van der Waals surface area contributed by atoms with Crippen molar-refractivity contribution in [3.8, 4) is 6.07 Å². The van der Waals surface area contributed by atoms with Crippen molar-refractivity contribution in [2.75, 3.05) is 0 Å². The van der Waals surface area contributed by atoms with Gasteiger partial charge in [-0.3, -0.25) is 4.68 Å². The Kier molecular flexibility index (Phi) is 2.87. The molecule has 0 saturated carbocycles. The summed E-state index contributed by atoms with van der Waals surface area (Å²) in [5.74, 6) is 0. The second-order valence-corrected chi connectivity index (χ2v) is 2.79. The van der Waals surface area contributed by atoms with E-state index < -0.39 is 0 Å². The van der Waals surface area contributed by atoms with Crippen molar-refractivity contribution in [3.05, 3.63) is 18.0 Å². The number of aromatic nitrogens is 2. The molecule has 3 heteroatoms. The first-order valence-corrected chi connectivity index (χ1v) is 4.26. The Morgan fingerprint density at radius 1 is 1.58 bits per heavy atom. The van der Waals surface area contributed by atoms with Crippen LogP contribution in [-0.4, -0.2) is 9.78 Å². The average Bonchev–Trinajstić information content (AvgIpc) is 2.55. The Bertz CT molecular complexity index is 278. The van der Waals surface area contributed by atoms with Gasteiger partial charge in [-0.2, -0.15) is 10.4 Å². The van der Waals surface area contributed by atoms with Gasteiger partial charge in [-0.05, 0) is 12.8 Å². The summed E-state index contributed by atoms with van der Waals surface area (Å²) < 4.78 is 1.87. The second-order valence-electron chi connectivity index (χ2n) is 2.79. The highest BCUT2D eigenvalue weighted by atomic mass is 15.3. The molecule has 1 heterocycles. The largest absolute Gasteiger partial charge is 0.268 e. The highest BCUT2D eigenvalue weighted by Gasteiger charge is 2.06. The van der Waals surface area contributed by atoms with Crippen LogP contribution in [0, 0.1) is 11.3 Å². The van der Waals surface area contributed by atoms with Crippen molar-refractivity contribution < 1.29 is 0 Å². The molecule has 0 N–H and O–H groups in total. The maximum atomic E-state index is 8.57. The lowest BCUT2D eigenvalue weighted by molar-refractivity contribution is 0.428. The van der Waals surface area contributed by atoms with Crippen molar-refractivity contribution in [2.24, 2.45) is 0 Å². The van der Waals surface area contributed by atoms with Crippen LogP contribution in [0.3, 0.4) is 0 Å². The second kappa shape index (κ2) is 3.91. The van der Waals surface area contributed by atoms with Gasteiger partial charge >= 0.3 is 0 Å².